The van der Waals surface area contributed by atoms with Gasteiger partial charge in [-0.15, -0.1) is 5.53 Å². The Kier molecular flexibility index (Phi) is 5.46. The van der Waals surface area contributed by atoms with Crippen molar-refractivity contribution in [1.29, 1.82) is 0 Å². The van der Waals surface area contributed by atoms with Gasteiger partial charge in [0.15, 0.2) is 0 Å². The van der Waals surface area contributed by atoms with Crippen molar-refractivity contribution in [3.8, 4) is 0 Å². The number of amides is 4. The molecule has 43 heavy (non-hydrogen) atoms. The maximum Gasteiger partial charge on any atom is 0.284 e. The van der Waals surface area contributed by atoms with Crippen molar-refractivity contribution < 1.29 is 38.9 Å². The number of imide groups is 2. The van der Waals surface area contributed by atoms with Gasteiger partial charge in [-0.25, -0.2) is 0 Å². The predicted molar refractivity (Wildman–Crippen MR) is 139 cm³/mol. The summed E-state index contributed by atoms with van der Waals surface area (Å²) >= 11 is 0. The Bertz CT molecular complexity index is 1840. The van der Waals surface area contributed by atoms with Crippen LogP contribution in [0.1, 0.15) is 41.4 Å². The van der Waals surface area contributed by atoms with Crippen LogP contribution in [0.15, 0.2) is 48.5 Å². The molecule has 6 rings (SSSR count). The van der Waals surface area contributed by atoms with Crippen LogP contribution < -0.4 is 5.53 Å². The van der Waals surface area contributed by atoms with Crippen molar-refractivity contribution in [1.82, 2.24) is 15.6 Å². The van der Waals surface area contributed by atoms with Gasteiger partial charge in [0, 0.05) is 35.0 Å². The van der Waals surface area contributed by atoms with E-state index >= 15 is 0 Å². The number of hydrogen-bond donors (Lipinski definition) is 1. The van der Waals surface area contributed by atoms with Crippen molar-refractivity contribution in [3.05, 3.63) is 111 Å². The first-order chi connectivity index (χ1) is 20.3. The molecule has 4 aromatic rings. The second kappa shape index (κ2) is 8.87. The normalized spacial score (nSPS) is 14.0. The van der Waals surface area contributed by atoms with Crippen LogP contribution in [0.3, 0.4) is 0 Å². The van der Waals surface area contributed by atoms with Gasteiger partial charge in [0.25, 0.3) is 46.4 Å². The molecule has 0 radical (unpaired) electrons. The van der Waals surface area contributed by atoms with Gasteiger partial charge in [0.2, 0.25) is 0 Å². The predicted octanol–water partition coefficient (Wildman–Crippen LogP) is 2.94. The Balaban J connectivity index is 1.58. The highest BCUT2D eigenvalue weighted by molar-refractivity contribution is 6.30. The van der Waals surface area contributed by atoms with E-state index in [9.17, 15) is 59.6 Å². The number of rotatable bonds is 6. The van der Waals surface area contributed by atoms with Gasteiger partial charge in [-0.1, -0.05) is 0 Å². The molecule has 19 nitrogen and oxygen atoms in total. The van der Waals surface area contributed by atoms with Crippen LogP contribution in [-0.2, 0) is 0 Å². The fourth-order valence-corrected chi connectivity index (χ4v) is 5.18. The summed E-state index contributed by atoms with van der Waals surface area (Å²) in [6, 6.07) is 8.23. The van der Waals surface area contributed by atoms with Gasteiger partial charge < -0.3 is 0 Å². The highest BCUT2D eigenvalue weighted by Crippen LogP contribution is 2.41. The van der Waals surface area contributed by atoms with Crippen molar-refractivity contribution in [3.63, 3.8) is 0 Å². The van der Waals surface area contributed by atoms with Gasteiger partial charge in [-0.05, 0) is 35.0 Å². The molecule has 0 atom stereocenters. The van der Waals surface area contributed by atoms with E-state index in [0.29, 0.717) is 0 Å². The number of nitro benzene ring substituents is 4. The van der Waals surface area contributed by atoms with Gasteiger partial charge in [-0.3, -0.25) is 59.6 Å². The molecule has 2 heterocycles. The Morgan fingerprint density at radius 3 is 0.884 bits per heavy atom. The third-order valence-corrected chi connectivity index (χ3v) is 6.94. The van der Waals surface area contributed by atoms with Crippen molar-refractivity contribution >= 4 is 67.9 Å². The Labute approximate surface area is 234 Å². The Hall–Kier alpha value is -6.76. The summed E-state index contributed by atoms with van der Waals surface area (Å²) in [7, 11) is 0. The summed E-state index contributed by atoms with van der Waals surface area (Å²) in [5.41, 5.74) is -4.85. The molecular weight excluding hydrogens is 578 g/mol. The van der Waals surface area contributed by atoms with Crippen molar-refractivity contribution in [2.75, 3.05) is 0 Å². The average Bonchev–Trinajstić information content (AvgIpc) is 2.96. The maximum absolute atomic E-state index is 13.6. The van der Waals surface area contributed by atoms with Crippen LogP contribution in [0.4, 0.5) is 22.7 Å². The summed E-state index contributed by atoms with van der Waals surface area (Å²) in [6.07, 6.45) is 0. The SMILES string of the molecule is O=C1c2c([N+](=O)[O-])ccc3ccc([N+](=O)[O-])c(c23)C(=O)N1NN1C(=O)c2c([N+](=O)[O-])ccc3ccc([N+](=O)[O-])c(c23)C1=O. The molecule has 0 unspecified atom stereocenters. The van der Waals surface area contributed by atoms with Gasteiger partial charge in [0.05, 0.1) is 19.7 Å². The van der Waals surface area contributed by atoms with Gasteiger partial charge >= 0.3 is 0 Å². The van der Waals surface area contributed by atoms with E-state index in [1.807, 2.05) is 5.53 Å². The Morgan fingerprint density at radius 2 is 0.674 bits per heavy atom. The lowest BCUT2D eigenvalue weighted by Crippen LogP contribution is -2.60. The van der Waals surface area contributed by atoms with Gasteiger partial charge in [-0.2, -0.15) is 10.0 Å². The quantitative estimate of drug-likeness (QED) is 0.193. The lowest BCUT2D eigenvalue weighted by atomic mass is 9.92. The molecular formula is C24H9N7O12. The molecule has 0 saturated heterocycles. The monoisotopic (exact) mass is 587 g/mol. The number of hydrazine groups is 2. The molecule has 0 aliphatic carbocycles. The highest BCUT2D eigenvalue weighted by atomic mass is 16.6. The van der Waals surface area contributed by atoms with E-state index in [1.165, 1.54) is 0 Å². The summed E-state index contributed by atoms with van der Waals surface area (Å²) in [6.45, 7) is 0. The number of hydrogen-bond acceptors (Lipinski definition) is 13. The van der Waals surface area contributed by atoms with E-state index in [2.05, 4.69) is 0 Å². The van der Waals surface area contributed by atoms with E-state index < -0.39 is 99.1 Å². The number of nitro groups is 4. The van der Waals surface area contributed by atoms with Crippen LogP contribution in [0.5, 0.6) is 0 Å². The number of nitrogens with zero attached hydrogens (tertiary/aromatic N) is 6. The first kappa shape index (κ1) is 26.5. The second-order valence-electron chi connectivity index (χ2n) is 9.05. The summed E-state index contributed by atoms with van der Waals surface area (Å²) < 4.78 is 0. The van der Waals surface area contributed by atoms with Crippen molar-refractivity contribution in [2.45, 2.75) is 0 Å². The molecule has 0 saturated carbocycles. The smallest absolute Gasteiger partial charge is 0.267 e. The van der Waals surface area contributed by atoms with Crippen LogP contribution in [0.2, 0.25) is 0 Å². The fourth-order valence-electron chi connectivity index (χ4n) is 5.18. The minimum atomic E-state index is -1.52. The molecule has 2 aliphatic heterocycles. The standard InChI is InChI=1S/C24H9N7O12/c32-21-17-11(28(36)37)5-1-9-2-6-12(29(38)39)18(15(9)17)22(33)26(21)25-27-23(34)19-13(30(40)41)7-3-10-4-8-14(31(42)43)20(16(10)19)24(27)35/h1-8,25H. The van der Waals surface area contributed by atoms with Crippen LogP contribution in [-0.4, -0.2) is 53.3 Å². The summed E-state index contributed by atoms with van der Waals surface area (Å²) in [5, 5.41) is 46.2. The molecule has 0 spiro atoms. The highest BCUT2D eigenvalue weighted by Gasteiger charge is 2.47. The molecule has 4 aromatic carbocycles. The maximum atomic E-state index is 13.6. The first-order valence-corrected chi connectivity index (χ1v) is 11.7. The van der Waals surface area contributed by atoms with Crippen molar-refractivity contribution in [2.24, 2.45) is 0 Å². The zero-order chi connectivity index (χ0) is 31.1. The minimum absolute atomic E-state index is 0.0412. The lowest BCUT2D eigenvalue weighted by molar-refractivity contribution is -0.385. The fraction of sp³-hybridized carbons (Fsp3) is 0. The minimum Gasteiger partial charge on any atom is -0.267 e. The molecule has 0 fully saturated rings. The molecule has 2 aliphatic rings. The third kappa shape index (κ3) is 3.52. The topological polar surface area (TPSA) is 259 Å². The first-order valence-electron chi connectivity index (χ1n) is 11.7. The van der Waals surface area contributed by atoms with Gasteiger partial charge in [0.1, 0.15) is 22.3 Å². The average molecular weight is 587 g/mol. The van der Waals surface area contributed by atoms with E-state index in [1.54, 1.807) is 0 Å². The summed E-state index contributed by atoms with van der Waals surface area (Å²) in [4.78, 5) is 97.6. The zero-order valence-electron chi connectivity index (χ0n) is 20.7. The molecule has 0 bridgehead atoms. The van der Waals surface area contributed by atoms with Crippen LogP contribution in [0.25, 0.3) is 21.5 Å². The largest absolute Gasteiger partial charge is 0.284 e. The second-order valence-corrected chi connectivity index (χ2v) is 9.05. The summed E-state index contributed by atoms with van der Waals surface area (Å²) in [5.74, 6) is -6.07. The number of benzene rings is 4. The third-order valence-electron chi connectivity index (χ3n) is 6.94. The van der Waals surface area contributed by atoms with E-state index in [-0.39, 0.29) is 20.8 Å². The molecule has 0 aromatic heterocycles. The van der Waals surface area contributed by atoms with Crippen LogP contribution >= 0.6 is 0 Å². The number of nitrogens with one attached hydrogen (secondary N) is 1. The molecule has 4 amide bonds. The van der Waals surface area contributed by atoms with E-state index in [0.717, 1.165) is 48.5 Å². The zero-order valence-corrected chi connectivity index (χ0v) is 20.7. The van der Waals surface area contributed by atoms with Crippen LogP contribution in [0, 0.1) is 40.5 Å². The molecule has 19 heteroatoms. The lowest BCUT2D eigenvalue weighted by Gasteiger charge is -2.33. The number of carbonyl (C=O) groups excluding carboxylic acids is 4. The number of carbonyl (C=O) groups is 4. The Morgan fingerprint density at radius 1 is 0.442 bits per heavy atom. The molecule has 1 N–H and O–H groups in total. The molecule has 212 valence electrons. The van der Waals surface area contributed by atoms with E-state index in [4.69, 9.17) is 0 Å².